The molecule has 0 fully saturated rings. The third-order valence-corrected chi connectivity index (χ3v) is 0. The van der Waals surface area contributed by atoms with E-state index in [0.29, 0.717) is 0 Å². The molecule has 2 N–H and O–H groups in total. The van der Waals surface area contributed by atoms with E-state index in [0.717, 1.165) is 0 Å². The zero-order valence-corrected chi connectivity index (χ0v) is 6.68. The predicted octanol–water partition coefficient (Wildman–Crippen LogP) is 0.0124. The maximum absolute atomic E-state index is 6.00. The van der Waals surface area contributed by atoms with Crippen molar-refractivity contribution >= 4 is 0 Å². The van der Waals surface area contributed by atoms with E-state index in [2.05, 4.69) is 0 Å². The third-order valence-electron chi connectivity index (χ3n) is 0. The quantitative estimate of drug-likeness (QED) is 0.433. The molecule has 0 amide bonds. The van der Waals surface area contributed by atoms with Gasteiger partial charge in [-0.1, -0.05) is 0 Å². The molecule has 0 atom stereocenters. The number of hydrogen-bond acceptors (Lipinski definition) is 2. The van der Waals surface area contributed by atoms with Gasteiger partial charge in [-0.15, -0.1) is 0 Å². The molecule has 0 aromatic rings. The van der Waals surface area contributed by atoms with E-state index in [1.165, 1.54) is 0 Å². The van der Waals surface area contributed by atoms with Crippen LogP contribution in [0.25, 0.3) is 0 Å². The largest absolute Gasteiger partial charge is 0.255 e. The average molecular weight is 414 g/mol. The molecule has 0 radical (unpaired) electrons. The van der Waals surface area contributed by atoms with E-state index >= 15 is 0 Å². The summed E-state index contributed by atoms with van der Waals surface area (Å²) in [4.78, 5) is 0. The first-order chi connectivity index (χ1) is 1.00. The molecular formula is H2O2Os2. The van der Waals surface area contributed by atoms with Crippen molar-refractivity contribution in [2.45, 2.75) is 0 Å². The number of hydrogen-bond donors (Lipinski definition) is 2. The second-order valence-electron chi connectivity index (χ2n) is 0. The first-order valence-electron chi connectivity index (χ1n) is 0.200. The molecule has 30 valence electrons. The van der Waals surface area contributed by atoms with Gasteiger partial charge in [-0.05, 0) is 0 Å². The number of rotatable bonds is 0. The maximum atomic E-state index is 6.00. The average Bonchev–Trinajstić information content (AvgIpc) is 1.00. The van der Waals surface area contributed by atoms with Gasteiger partial charge in [-0.2, -0.15) is 0 Å². The van der Waals surface area contributed by atoms with Crippen LogP contribution in [0.5, 0.6) is 0 Å². The second kappa shape index (κ2) is 30.0. The van der Waals surface area contributed by atoms with Gasteiger partial charge in [0.05, 0.1) is 0 Å². The molecule has 0 rings (SSSR count). The summed E-state index contributed by atoms with van der Waals surface area (Å²) >= 11 is 0. The summed E-state index contributed by atoms with van der Waals surface area (Å²) in [5.41, 5.74) is 0. The van der Waals surface area contributed by atoms with Crippen molar-refractivity contribution in [2.24, 2.45) is 0 Å². The van der Waals surface area contributed by atoms with Crippen LogP contribution < -0.4 is 0 Å². The van der Waals surface area contributed by atoms with E-state index in [1.807, 2.05) is 0 Å². The molecule has 4 heavy (non-hydrogen) atoms. The Morgan fingerprint density at radius 2 is 0.750 bits per heavy atom. The molecular weight excluding hydrogens is 412 g/mol. The van der Waals surface area contributed by atoms with Crippen LogP contribution in [0.3, 0.4) is 0 Å². The Bertz CT molecular complexity index is 4.00. The van der Waals surface area contributed by atoms with E-state index in [4.69, 9.17) is 10.5 Å². The van der Waals surface area contributed by atoms with Crippen molar-refractivity contribution in [3.05, 3.63) is 0 Å². The fourth-order valence-corrected chi connectivity index (χ4v) is 0. The van der Waals surface area contributed by atoms with Gasteiger partial charge in [0.2, 0.25) is 0 Å². The Labute approximate surface area is 50.3 Å². The van der Waals surface area contributed by atoms with Crippen LogP contribution in [-0.2, 0) is 39.6 Å². The molecule has 0 unspecified atom stereocenters. The molecule has 0 heterocycles. The molecule has 0 aliphatic carbocycles. The smallest absolute Gasteiger partial charge is 0 e. The van der Waals surface area contributed by atoms with Gasteiger partial charge in [0.15, 0.2) is 0 Å². The summed E-state index contributed by atoms with van der Waals surface area (Å²) in [5.74, 6) is 0. The van der Waals surface area contributed by atoms with Crippen molar-refractivity contribution in [1.29, 1.82) is 0 Å². The molecule has 0 aliphatic rings. The summed E-state index contributed by atoms with van der Waals surface area (Å²) in [6.45, 7) is 0. The summed E-state index contributed by atoms with van der Waals surface area (Å²) in [7, 11) is 0. The third kappa shape index (κ3) is 10.8. The maximum Gasteiger partial charge on any atom is 0 e. The van der Waals surface area contributed by atoms with Gasteiger partial charge >= 0.3 is 0 Å². The van der Waals surface area contributed by atoms with Gasteiger partial charge in [0.25, 0.3) is 0 Å². The minimum Gasteiger partial charge on any atom is -0.255 e. The molecule has 0 aromatic carbocycles. The molecule has 2 nitrogen and oxygen atoms in total. The first-order valence-corrected chi connectivity index (χ1v) is 0.200. The molecule has 0 bridgehead atoms. The Morgan fingerprint density at radius 1 is 0.750 bits per heavy atom. The Balaban J connectivity index is -0.00000000500. The molecule has 0 spiro atoms. The Morgan fingerprint density at radius 3 is 0.750 bits per heavy atom. The van der Waals surface area contributed by atoms with E-state index < -0.39 is 0 Å². The van der Waals surface area contributed by atoms with E-state index in [9.17, 15) is 0 Å². The van der Waals surface area contributed by atoms with Crippen molar-refractivity contribution in [3.63, 3.8) is 0 Å². The topological polar surface area (TPSA) is 40.5 Å². The molecule has 4 heteroatoms. The molecule has 0 aliphatic heterocycles. The van der Waals surface area contributed by atoms with Crippen LogP contribution >= 0.6 is 0 Å². The van der Waals surface area contributed by atoms with Crippen molar-refractivity contribution in [1.82, 2.24) is 0 Å². The van der Waals surface area contributed by atoms with Gasteiger partial charge in [0, 0.05) is 39.6 Å². The van der Waals surface area contributed by atoms with E-state index in [-0.39, 0.29) is 39.6 Å². The summed E-state index contributed by atoms with van der Waals surface area (Å²) in [6, 6.07) is 0. The van der Waals surface area contributed by atoms with Crippen molar-refractivity contribution in [3.8, 4) is 0 Å². The van der Waals surface area contributed by atoms with Crippen molar-refractivity contribution in [2.75, 3.05) is 0 Å². The van der Waals surface area contributed by atoms with E-state index in [1.54, 1.807) is 0 Å². The van der Waals surface area contributed by atoms with Crippen LogP contribution in [0.2, 0.25) is 0 Å². The van der Waals surface area contributed by atoms with Crippen LogP contribution in [0, 0.1) is 0 Å². The van der Waals surface area contributed by atoms with Gasteiger partial charge in [-0.25, -0.2) is 0 Å². The molecule has 0 aromatic heterocycles. The zero-order chi connectivity index (χ0) is 2.00. The fourth-order valence-electron chi connectivity index (χ4n) is 0. The Kier molecular flexibility index (Phi) is 143. The fraction of sp³-hybridized carbons (Fsp3) is 0. The summed E-state index contributed by atoms with van der Waals surface area (Å²) in [6.07, 6.45) is 0. The Hall–Kier alpha value is 1.19. The normalized spacial score (nSPS) is 1.50. The standard InChI is InChI=1S/H2O2.2Os/c1-2;;/h1-2H;;. The van der Waals surface area contributed by atoms with Gasteiger partial charge in [-0.3, -0.25) is 10.5 Å². The van der Waals surface area contributed by atoms with Gasteiger partial charge < -0.3 is 0 Å². The van der Waals surface area contributed by atoms with Crippen LogP contribution in [0.15, 0.2) is 0 Å². The minimum absolute atomic E-state index is 0. The molecule has 0 saturated heterocycles. The van der Waals surface area contributed by atoms with Crippen molar-refractivity contribution < 1.29 is 50.1 Å². The van der Waals surface area contributed by atoms with Gasteiger partial charge in [0.1, 0.15) is 0 Å². The molecule has 0 saturated carbocycles. The SMILES string of the molecule is OO.[Os].[Os]. The zero-order valence-electron chi connectivity index (χ0n) is 1.60. The predicted molar refractivity (Wildman–Crippen MR) is 5.26 cm³/mol. The first kappa shape index (κ1) is 19.0. The summed E-state index contributed by atoms with van der Waals surface area (Å²) in [5, 5.41) is 12.0. The van der Waals surface area contributed by atoms with Crippen LogP contribution in [0.1, 0.15) is 0 Å². The summed E-state index contributed by atoms with van der Waals surface area (Å²) < 4.78 is 0. The van der Waals surface area contributed by atoms with Crippen LogP contribution in [-0.4, -0.2) is 10.5 Å². The van der Waals surface area contributed by atoms with Crippen LogP contribution in [0.4, 0.5) is 0 Å². The second-order valence-corrected chi connectivity index (χ2v) is 0. The monoisotopic (exact) mass is 418 g/mol. The minimum atomic E-state index is 0.